The zero-order chi connectivity index (χ0) is 20.2. The maximum atomic E-state index is 12.4. The standard InChI is InChI=1S/C20H28N6O2S/c1-24-18(5-7-22-24)20(28)21-13-16-4-2-3-8-25(16)9-10-26-19(27)12-15-14-29-11-6-17(15)23-26/h5,7,12,16H,2-4,6,8-11,13-14H2,1H3,(H,21,28). The van der Waals surface area contributed by atoms with Gasteiger partial charge in [0.2, 0.25) is 0 Å². The first kappa shape index (κ1) is 20.2. The normalized spacial score (nSPS) is 19.7. The Morgan fingerprint density at radius 3 is 3.07 bits per heavy atom. The number of amides is 1. The van der Waals surface area contributed by atoms with Crippen LogP contribution < -0.4 is 10.9 Å². The van der Waals surface area contributed by atoms with Gasteiger partial charge in [-0.15, -0.1) is 0 Å². The van der Waals surface area contributed by atoms with Crippen LogP contribution in [0, 0.1) is 0 Å². The fourth-order valence-corrected chi connectivity index (χ4v) is 5.07. The van der Waals surface area contributed by atoms with Crippen LogP contribution in [-0.2, 0) is 25.8 Å². The molecule has 29 heavy (non-hydrogen) atoms. The third-order valence-electron chi connectivity index (χ3n) is 5.80. The fraction of sp³-hybridized carbons (Fsp3) is 0.600. The fourth-order valence-electron chi connectivity index (χ4n) is 4.12. The van der Waals surface area contributed by atoms with Gasteiger partial charge in [-0.1, -0.05) is 6.42 Å². The Balaban J connectivity index is 1.36. The zero-order valence-electron chi connectivity index (χ0n) is 16.8. The Morgan fingerprint density at radius 1 is 1.34 bits per heavy atom. The van der Waals surface area contributed by atoms with Crippen LogP contribution in [0.25, 0.3) is 0 Å². The van der Waals surface area contributed by atoms with Crippen LogP contribution in [0.15, 0.2) is 23.1 Å². The van der Waals surface area contributed by atoms with E-state index in [4.69, 9.17) is 0 Å². The number of carbonyl (C=O) groups excluding carboxylic acids is 1. The van der Waals surface area contributed by atoms with Crippen LogP contribution in [0.1, 0.15) is 41.0 Å². The number of carbonyl (C=O) groups is 1. The van der Waals surface area contributed by atoms with Gasteiger partial charge in [-0.25, -0.2) is 4.68 Å². The number of rotatable bonds is 6. The third-order valence-corrected chi connectivity index (χ3v) is 6.81. The molecule has 8 nitrogen and oxygen atoms in total. The van der Waals surface area contributed by atoms with Crippen molar-refractivity contribution >= 4 is 17.7 Å². The highest BCUT2D eigenvalue weighted by atomic mass is 32.2. The molecule has 9 heteroatoms. The lowest BCUT2D eigenvalue weighted by Gasteiger charge is -2.35. The molecule has 2 aromatic heterocycles. The minimum atomic E-state index is -0.0963. The Kier molecular flexibility index (Phi) is 6.34. The largest absolute Gasteiger partial charge is 0.349 e. The molecule has 2 aliphatic rings. The second kappa shape index (κ2) is 9.13. The molecule has 2 aromatic rings. The monoisotopic (exact) mass is 416 g/mol. The summed E-state index contributed by atoms with van der Waals surface area (Å²) in [6, 6.07) is 3.77. The molecule has 4 rings (SSSR count). The van der Waals surface area contributed by atoms with Crippen LogP contribution in [0.4, 0.5) is 0 Å². The number of nitrogens with one attached hydrogen (secondary N) is 1. The van der Waals surface area contributed by atoms with Crippen LogP contribution in [0.5, 0.6) is 0 Å². The summed E-state index contributed by atoms with van der Waals surface area (Å²) in [7, 11) is 1.77. The smallest absolute Gasteiger partial charge is 0.269 e. The molecule has 0 spiro atoms. The zero-order valence-corrected chi connectivity index (χ0v) is 17.7. The lowest BCUT2D eigenvalue weighted by atomic mass is 10.0. The van der Waals surface area contributed by atoms with Crippen molar-refractivity contribution in [3.05, 3.63) is 45.6 Å². The van der Waals surface area contributed by atoms with E-state index in [1.165, 1.54) is 0 Å². The number of fused-ring (bicyclic) bond motifs is 1. The number of hydrogen-bond acceptors (Lipinski definition) is 6. The van der Waals surface area contributed by atoms with Crippen LogP contribution in [0.2, 0.25) is 0 Å². The topological polar surface area (TPSA) is 85.1 Å². The number of aromatic nitrogens is 4. The van der Waals surface area contributed by atoms with E-state index in [0.717, 1.165) is 61.5 Å². The van der Waals surface area contributed by atoms with E-state index in [-0.39, 0.29) is 17.5 Å². The lowest BCUT2D eigenvalue weighted by Crippen LogP contribution is -2.48. The van der Waals surface area contributed by atoms with Gasteiger partial charge in [0.1, 0.15) is 5.69 Å². The number of likely N-dealkylation sites (tertiary alicyclic amines) is 1. The molecule has 1 N–H and O–H groups in total. The Morgan fingerprint density at radius 2 is 2.24 bits per heavy atom. The van der Waals surface area contributed by atoms with Gasteiger partial charge in [-0.3, -0.25) is 19.2 Å². The van der Waals surface area contributed by atoms with Gasteiger partial charge < -0.3 is 5.32 Å². The molecule has 1 saturated heterocycles. The average Bonchev–Trinajstić information content (AvgIpc) is 3.17. The highest BCUT2D eigenvalue weighted by Gasteiger charge is 2.24. The molecule has 2 aliphatic heterocycles. The van der Waals surface area contributed by atoms with Crippen molar-refractivity contribution in [2.45, 2.75) is 44.0 Å². The molecule has 156 valence electrons. The van der Waals surface area contributed by atoms with Gasteiger partial charge in [-0.2, -0.15) is 22.0 Å². The highest BCUT2D eigenvalue weighted by Crippen LogP contribution is 2.21. The van der Waals surface area contributed by atoms with Gasteiger partial charge in [0, 0.05) is 50.6 Å². The van der Waals surface area contributed by atoms with Crippen LogP contribution in [0.3, 0.4) is 0 Å². The molecule has 0 saturated carbocycles. The van der Waals surface area contributed by atoms with E-state index in [2.05, 4.69) is 20.4 Å². The molecule has 0 aromatic carbocycles. The molecule has 0 radical (unpaired) electrons. The van der Waals surface area contributed by atoms with Gasteiger partial charge in [0.05, 0.1) is 12.2 Å². The second-order valence-corrected chi connectivity index (χ2v) is 8.82. The lowest BCUT2D eigenvalue weighted by molar-refractivity contribution is 0.0900. The van der Waals surface area contributed by atoms with Crippen molar-refractivity contribution in [2.75, 3.05) is 25.4 Å². The van der Waals surface area contributed by atoms with E-state index in [1.54, 1.807) is 34.7 Å². The second-order valence-electron chi connectivity index (χ2n) is 7.72. The maximum Gasteiger partial charge on any atom is 0.269 e. The van der Waals surface area contributed by atoms with E-state index in [9.17, 15) is 9.59 Å². The SMILES string of the molecule is Cn1nccc1C(=O)NCC1CCCCN1CCn1nc2c(cc1=O)CSCC2. The van der Waals surface area contributed by atoms with E-state index in [1.807, 2.05) is 11.8 Å². The summed E-state index contributed by atoms with van der Waals surface area (Å²) in [5.41, 5.74) is 2.72. The van der Waals surface area contributed by atoms with E-state index in [0.29, 0.717) is 18.8 Å². The molecule has 0 bridgehead atoms. The molecule has 4 heterocycles. The number of thioether (sulfide) groups is 1. The van der Waals surface area contributed by atoms with Crippen molar-refractivity contribution < 1.29 is 4.79 Å². The predicted octanol–water partition coefficient (Wildman–Crippen LogP) is 1.05. The summed E-state index contributed by atoms with van der Waals surface area (Å²) in [4.78, 5) is 27.2. The molecule has 0 aliphatic carbocycles. The molecule has 1 atom stereocenters. The summed E-state index contributed by atoms with van der Waals surface area (Å²) in [6.45, 7) is 2.95. The minimum absolute atomic E-state index is 0.00989. The van der Waals surface area contributed by atoms with Crippen LogP contribution >= 0.6 is 11.8 Å². The van der Waals surface area contributed by atoms with Gasteiger partial charge in [0.25, 0.3) is 11.5 Å². The van der Waals surface area contributed by atoms with Crippen molar-refractivity contribution in [1.29, 1.82) is 0 Å². The van der Waals surface area contributed by atoms with Gasteiger partial charge >= 0.3 is 0 Å². The summed E-state index contributed by atoms with van der Waals surface area (Å²) >= 11 is 1.86. The van der Waals surface area contributed by atoms with Gasteiger partial charge in [0.15, 0.2) is 0 Å². The number of aryl methyl sites for hydroxylation is 2. The maximum absolute atomic E-state index is 12.4. The summed E-state index contributed by atoms with van der Waals surface area (Å²) < 4.78 is 3.20. The average molecular weight is 417 g/mol. The van der Waals surface area contributed by atoms with E-state index < -0.39 is 0 Å². The Labute approximate surface area is 174 Å². The number of nitrogens with zero attached hydrogens (tertiary/aromatic N) is 5. The highest BCUT2D eigenvalue weighted by molar-refractivity contribution is 7.98. The summed E-state index contributed by atoms with van der Waals surface area (Å²) in [5, 5.41) is 11.7. The Bertz CT molecular complexity index is 924. The first-order chi connectivity index (χ1) is 14.1. The Hall–Kier alpha value is -2.13. The summed E-state index contributed by atoms with van der Waals surface area (Å²) in [6.07, 6.45) is 5.93. The summed E-state index contributed by atoms with van der Waals surface area (Å²) in [5.74, 6) is 1.87. The molecular weight excluding hydrogens is 388 g/mol. The van der Waals surface area contributed by atoms with Crippen LogP contribution in [-0.4, -0.2) is 61.8 Å². The molecular formula is C20H28N6O2S. The van der Waals surface area contributed by atoms with Crippen molar-refractivity contribution in [3.63, 3.8) is 0 Å². The van der Waals surface area contributed by atoms with Crippen molar-refractivity contribution in [1.82, 2.24) is 29.8 Å². The van der Waals surface area contributed by atoms with Crippen molar-refractivity contribution in [3.8, 4) is 0 Å². The number of hydrogen-bond donors (Lipinski definition) is 1. The molecule has 1 fully saturated rings. The number of piperidine rings is 1. The van der Waals surface area contributed by atoms with Gasteiger partial charge in [-0.05, 0) is 36.8 Å². The molecule has 1 amide bonds. The third kappa shape index (κ3) is 4.72. The van der Waals surface area contributed by atoms with Crippen molar-refractivity contribution in [2.24, 2.45) is 7.05 Å². The predicted molar refractivity (Wildman–Crippen MR) is 113 cm³/mol. The first-order valence-electron chi connectivity index (χ1n) is 10.3. The van der Waals surface area contributed by atoms with E-state index >= 15 is 0 Å². The minimum Gasteiger partial charge on any atom is -0.349 e. The molecule has 1 unspecified atom stereocenters. The first-order valence-corrected chi connectivity index (χ1v) is 11.4. The quantitative estimate of drug-likeness (QED) is 0.758.